The van der Waals surface area contributed by atoms with Crippen LogP contribution in [-0.2, 0) is 10.0 Å². The van der Waals surface area contributed by atoms with E-state index < -0.39 is 21.7 Å². The molecule has 0 aliphatic heterocycles. The summed E-state index contributed by atoms with van der Waals surface area (Å²) in [5.74, 6) is -0.149. The minimum absolute atomic E-state index is 0.224. The molecule has 3 heterocycles. The topological polar surface area (TPSA) is 115 Å². The van der Waals surface area contributed by atoms with Crippen LogP contribution in [0.25, 0.3) is 54.3 Å². The smallest absolute Gasteiger partial charge is 0.255 e. The number of pyridine rings is 1. The molecule has 9 nitrogen and oxygen atoms in total. The average Bonchev–Trinajstić information content (AvgIpc) is 3.61. The number of halogens is 1. The van der Waals surface area contributed by atoms with Crippen LogP contribution in [-0.4, -0.2) is 51.8 Å². The van der Waals surface area contributed by atoms with Crippen LogP contribution in [0.15, 0.2) is 77.3 Å². The number of benzene rings is 3. The van der Waals surface area contributed by atoms with E-state index in [0.29, 0.717) is 33.5 Å². The number of amides is 1. The van der Waals surface area contributed by atoms with Crippen molar-refractivity contribution in [2.24, 2.45) is 0 Å². The summed E-state index contributed by atoms with van der Waals surface area (Å²) in [5.41, 5.74) is 3.89. The van der Waals surface area contributed by atoms with E-state index in [1.807, 2.05) is 24.3 Å². The highest BCUT2D eigenvalue weighted by Gasteiger charge is 2.27. The number of carbonyl (C=O) groups excluding carboxylic acids is 1. The average molecular weight is 617 g/mol. The van der Waals surface area contributed by atoms with E-state index in [-0.39, 0.29) is 16.9 Å². The number of fused-ring (bicyclic) bond motifs is 2. The van der Waals surface area contributed by atoms with E-state index in [2.05, 4.69) is 10.3 Å². The fourth-order valence-electron chi connectivity index (χ4n) is 4.89. The molecule has 0 saturated carbocycles. The van der Waals surface area contributed by atoms with Gasteiger partial charge in [-0.25, -0.2) is 22.8 Å². The molecule has 3 aromatic heterocycles. The van der Waals surface area contributed by atoms with Gasteiger partial charge in [-0.3, -0.25) is 9.10 Å². The number of nitrogens with one attached hydrogen (secondary N) is 1. The summed E-state index contributed by atoms with van der Waals surface area (Å²) in [6.07, 6.45) is 2.81. The third-order valence-electron chi connectivity index (χ3n) is 7.11. The monoisotopic (exact) mass is 616 g/mol. The number of nitrogens with zero attached hydrogens (tertiary/aromatic N) is 3. The van der Waals surface area contributed by atoms with Crippen molar-refractivity contribution in [1.82, 2.24) is 15.3 Å². The Morgan fingerprint density at radius 1 is 1.05 bits per heavy atom. The summed E-state index contributed by atoms with van der Waals surface area (Å²) in [6.45, 7) is 0. The maximum Gasteiger partial charge on any atom is 0.255 e. The number of hydrogen-bond acceptors (Lipinski definition) is 8. The first kappa shape index (κ1) is 28.3. The summed E-state index contributed by atoms with van der Waals surface area (Å²) in [6, 6.07) is 18.1. The molecular formula is C31H25FN4O5S2. The number of hydrogen-bond donors (Lipinski definition) is 1. The van der Waals surface area contributed by atoms with E-state index >= 15 is 0 Å². The number of methoxy groups -OCH3 is 1. The Kier molecular flexibility index (Phi) is 7.10. The largest absolute Gasteiger partial charge is 0.496 e. The zero-order valence-corrected chi connectivity index (χ0v) is 25.1. The minimum atomic E-state index is -3.72. The van der Waals surface area contributed by atoms with E-state index in [1.54, 1.807) is 24.4 Å². The van der Waals surface area contributed by atoms with Gasteiger partial charge in [-0.1, -0.05) is 11.3 Å². The van der Waals surface area contributed by atoms with Gasteiger partial charge in [-0.2, -0.15) is 0 Å². The minimum Gasteiger partial charge on any atom is -0.496 e. The van der Waals surface area contributed by atoms with Crippen molar-refractivity contribution >= 4 is 54.3 Å². The van der Waals surface area contributed by atoms with E-state index in [4.69, 9.17) is 14.1 Å². The van der Waals surface area contributed by atoms with Gasteiger partial charge in [0.15, 0.2) is 0 Å². The molecular weight excluding hydrogens is 591 g/mol. The molecule has 1 N–H and O–H groups in total. The fraction of sp³-hybridized carbons (Fsp3) is 0.129. The molecule has 0 fully saturated rings. The second kappa shape index (κ2) is 10.8. The van der Waals surface area contributed by atoms with Crippen molar-refractivity contribution in [2.45, 2.75) is 0 Å². The van der Waals surface area contributed by atoms with Gasteiger partial charge in [-0.15, -0.1) is 0 Å². The van der Waals surface area contributed by atoms with Crippen LogP contribution >= 0.6 is 11.3 Å². The lowest BCUT2D eigenvalue weighted by atomic mass is 9.96. The molecule has 0 aliphatic carbocycles. The van der Waals surface area contributed by atoms with Crippen LogP contribution in [0.4, 0.5) is 10.1 Å². The summed E-state index contributed by atoms with van der Waals surface area (Å²) in [7, 11) is 0.748. The molecule has 3 aromatic carbocycles. The van der Waals surface area contributed by atoms with Crippen molar-refractivity contribution < 1.29 is 26.8 Å². The summed E-state index contributed by atoms with van der Waals surface area (Å²) >= 11 is 1.43. The van der Waals surface area contributed by atoms with Gasteiger partial charge in [0.25, 0.3) is 5.91 Å². The molecule has 0 atom stereocenters. The lowest BCUT2D eigenvalue weighted by Gasteiger charge is -2.22. The number of furan rings is 1. The third-order valence-corrected chi connectivity index (χ3v) is 9.33. The Balaban J connectivity index is 1.65. The highest BCUT2D eigenvalue weighted by atomic mass is 32.2. The highest BCUT2D eigenvalue weighted by Crippen LogP contribution is 2.45. The van der Waals surface area contributed by atoms with Crippen LogP contribution in [0.2, 0.25) is 0 Å². The first-order valence-corrected chi connectivity index (χ1v) is 15.7. The highest BCUT2D eigenvalue weighted by molar-refractivity contribution is 7.92. The van der Waals surface area contributed by atoms with Gasteiger partial charge in [0.1, 0.15) is 38.3 Å². The molecule has 218 valence electrons. The molecule has 0 aliphatic rings. The molecule has 0 spiro atoms. The number of anilines is 1. The Hall–Kier alpha value is -4.81. The second-order valence-electron chi connectivity index (χ2n) is 9.75. The van der Waals surface area contributed by atoms with Gasteiger partial charge < -0.3 is 14.5 Å². The van der Waals surface area contributed by atoms with Gasteiger partial charge in [-0.05, 0) is 60.7 Å². The van der Waals surface area contributed by atoms with Crippen LogP contribution in [0.1, 0.15) is 10.4 Å². The molecule has 6 aromatic rings. The van der Waals surface area contributed by atoms with Crippen molar-refractivity contribution in [1.29, 1.82) is 0 Å². The maximum atomic E-state index is 13.7. The SMILES string of the molecule is CNC(=O)c1c(-c2ccc(F)cc2)oc2cc(N(C)S(C)(=O)=O)c(-c3cc(-c4nc5cccnc5s4)ccc3OC)cc12. The predicted molar refractivity (Wildman–Crippen MR) is 167 cm³/mol. The van der Waals surface area contributed by atoms with Crippen molar-refractivity contribution in [3.8, 4) is 38.8 Å². The van der Waals surface area contributed by atoms with Crippen LogP contribution in [0.5, 0.6) is 5.75 Å². The number of sulfonamides is 1. The van der Waals surface area contributed by atoms with Crippen molar-refractivity contribution in [3.05, 3.63) is 84.3 Å². The molecule has 43 heavy (non-hydrogen) atoms. The zero-order chi connectivity index (χ0) is 30.5. The Morgan fingerprint density at radius 2 is 1.79 bits per heavy atom. The van der Waals surface area contributed by atoms with Crippen LogP contribution in [0, 0.1) is 5.82 Å². The fourth-order valence-corrected chi connectivity index (χ4v) is 6.30. The lowest BCUT2D eigenvalue weighted by Crippen LogP contribution is -2.25. The summed E-state index contributed by atoms with van der Waals surface area (Å²) in [4.78, 5) is 23.1. The number of ether oxygens (including phenoxy) is 1. The predicted octanol–water partition coefficient (Wildman–Crippen LogP) is 6.34. The molecule has 0 bridgehead atoms. The molecule has 0 saturated heterocycles. The number of carbonyl (C=O) groups is 1. The first-order valence-electron chi connectivity index (χ1n) is 13.0. The normalized spacial score (nSPS) is 11.7. The zero-order valence-electron chi connectivity index (χ0n) is 23.5. The molecule has 0 unspecified atom stereocenters. The summed E-state index contributed by atoms with van der Waals surface area (Å²) < 4.78 is 52.4. The molecule has 1 amide bonds. The van der Waals surface area contributed by atoms with E-state index in [1.165, 1.54) is 56.8 Å². The second-order valence-corrected chi connectivity index (χ2v) is 12.7. The van der Waals surface area contributed by atoms with Gasteiger partial charge in [0, 0.05) is 54.0 Å². The van der Waals surface area contributed by atoms with E-state index in [9.17, 15) is 17.6 Å². The van der Waals surface area contributed by atoms with Gasteiger partial charge in [0.2, 0.25) is 10.0 Å². The van der Waals surface area contributed by atoms with Gasteiger partial charge >= 0.3 is 0 Å². The molecule has 6 rings (SSSR count). The first-order chi connectivity index (χ1) is 20.6. The maximum absolute atomic E-state index is 13.7. The molecule has 12 heteroatoms. The standard InChI is InChI=1S/C31H25FN4O5S2/c1-33-29(37)27-22-15-20(21-14-18(9-12-25(21)40-3)30-35-23-6-5-13-34-31(23)42-30)24(36(2)43(4,38)39)16-26(22)41-28(27)17-7-10-19(32)11-8-17/h5-16H,1-4H3,(H,33,37). The Labute approximate surface area is 250 Å². The number of aromatic nitrogens is 2. The lowest BCUT2D eigenvalue weighted by molar-refractivity contribution is 0.0964. The number of rotatable bonds is 7. The Bertz CT molecular complexity index is 2110. The van der Waals surface area contributed by atoms with Crippen LogP contribution < -0.4 is 14.4 Å². The third kappa shape index (κ3) is 5.08. The molecule has 0 radical (unpaired) electrons. The Morgan fingerprint density at radius 3 is 2.47 bits per heavy atom. The van der Waals surface area contributed by atoms with Gasteiger partial charge in [0.05, 0.1) is 24.6 Å². The quantitative estimate of drug-likeness (QED) is 0.223. The van der Waals surface area contributed by atoms with Crippen LogP contribution in [0.3, 0.4) is 0 Å². The van der Waals surface area contributed by atoms with E-state index in [0.717, 1.165) is 31.5 Å². The van der Waals surface area contributed by atoms with Crippen molar-refractivity contribution in [2.75, 3.05) is 31.8 Å². The summed E-state index contributed by atoms with van der Waals surface area (Å²) in [5, 5.41) is 3.82. The number of thiazole rings is 1. The van der Waals surface area contributed by atoms with Crippen molar-refractivity contribution in [3.63, 3.8) is 0 Å².